The molecule has 0 unspecified atom stereocenters. The van der Waals surface area contributed by atoms with Crippen molar-refractivity contribution in [3.05, 3.63) is 29.8 Å². The summed E-state index contributed by atoms with van der Waals surface area (Å²) in [6.45, 7) is 5.36. The largest absolute Gasteiger partial charge is 0.357 e. The van der Waals surface area contributed by atoms with Gasteiger partial charge in [-0.15, -0.1) is 24.0 Å². The van der Waals surface area contributed by atoms with Crippen molar-refractivity contribution in [2.45, 2.75) is 55.2 Å². The average molecular weight is 539 g/mol. The zero-order valence-corrected chi connectivity index (χ0v) is 20.4. The third-order valence-corrected chi connectivity index (χ3v) is 7.73. The number of guanidine groups is 1. The molecule has 9 heteroatoms. The molecule has 1 heterocycles. The molecular formula is C19H31IN4O2S2. The van der Waals surface area contributed by atoms with Crippen LogP contribution in [0.3, 0.4) is 0 Å². The van der Waals surface area contributed by atoms with Gasteiger partial charge in [0.05, 0.1) is 11.4 Å². The van der Waals surface area contributed by atoms with Crippen LogP contribution >= 0.6 is 35.7 Å². The summed E-state index contributed by atoms with van der Waals surface area (Å²) in [7, 11) is -3.69. The zero-order chi connectivity index (χ0) is 19.3. The van der Waals surface area contributed by atoms with Crippen LogP contribution in [0.15, 0.2) is 34.2 Å². The molecular weight excluding hydrogens is 507 g/mol. The van der Waals surface area contributed by atoms with Crippen LogP contribution in [-0.2, 0) is 16.6 Å². The summed E-state index contributed by atoms with van der Waals surface area (Å²) in [6, 6.07) is 6.72. The first-order valence-corrected chi connectivity index (χ1v) is 12.2. The SMILES string of the molecule is CCNC(=NCc1cccc(S(N)(=O)=O)c1)N1CCSC2(CCCCC2)C1.I. The van der Waals surface area contributed by atoms with Gasteiger partial charge in [0.2, 0.25) is 10.0 Å². The molecule has 1 aliphatic carbocycles. The number of thioether (sulfide) groups is 1. The minimum Gasteiger partial charge on any atom is -0.357 e. The van der Waals surface area contributed by atoms with E-state index in [9.17, 15) is 8.42 Å². The van der Waals surface area contributed by atoms with Crippen molar-refractivity contribution in [3.8, 4) is 0 Å². The second-order valence-electron chi connectivity index (χ2n) is 7.38. The molecule has 0 amide bonds. The van der Waals surface area contributed by atoms with Gasteiger partial charge < -0.3 is 10.2 Å². The standard InChI is InChI=1S/C19H30N4O2S2.HI/c1-2-21-18(22-14-16-7-6-8-17(13-16)27(20,24)25)23-11-12-26-19(15-23)9-4-3-5-10-19;/h6-8,13H,2-5,9-12,14-15H2,1H3,(H,21,22)(H2,20,24,25);1H. The first kappa shape index (κ1) is 23.8. The third-order valence-electron chi connectivity index (χ3n) is 5.29. The summed E-state index contributed by atoms with van der Waals surface area (Å²) in [5.74, 6) is 2.05. The van der Waals surface area contributed by atoms with E-state index in [2.05, 4.69) is 28.9 Å². The van der Waals surface area contributed by atoms with E-state index in [4.69, 9.17) is 10.1 Å². The van der Waals surface area contributed by atoms with Crippen molar-refractivity contribution >= 4 is 51.7 Å². The maximum Gasteiger partial charge on any atom is 0.238 e. The molecule has 0 radical (unpaired) electrons. The molecule has 1 aliphatic heterocycles. The fourth-order valence-corrected chi connectivity index (χ4v) is 6.09. The van der Waals surface area contributed by atoms with Gasteiger partial charge in [0.15, 0.2) is 5.96 Å². The number of nitrogens with one attached hydrogen (secondary N) is 1. The Labute approximate surface area is 190 Å². The summed E-state index contributed by atoms with van der Waals surface area (Å²) in [5, 5.41) is 8.65. The number of benzene rings is 1. The lowest BCUT2D eigenvalue weighted by molar-refractivity contribution is 0.293. The lowest BCUT2D eigenvalue weighted by Crippen LogP contribution is -2.53. The fourth-order valence-electron chi connectivity index (χ4n) is 3.94. The fraction of sp³-hybridized carbons (Fsp3) is 0.632. The minimum absolute atomic E-state index is 0. The molecule has 0 aromatic heterocycles. The Morgan fingerprint density at radius 2 is 2.07 bits per heavy atom. The quantitative estimate of drug-likeness (QED) is 0.350. The van der Waals surface area contributed by atoms with Crippen LogP contribution in [0.4, 0.5) is 0 Å². The number of aliphatic imine (C=N–C) groups is 1. The molecule has 1 aromatic carbocycles. The summed E-state index contributed by atoms with van der Waals surface area (Å²) >= 11 is 2.14. The minimum atomic E-state index is -3.69. The van der Waals surface area contributed by atoms with Crippen LogP contribution in [0.2, 0.25) is 0 Å². The Morgan fingerprint density at radius 1 is 1.32 bits per heavy atom. The van der Waals surface area contributed by atoms with E-state index >= 15 is 0 Å². The van der Waals surface area contributed by atoms with E-state index in [0.29, 0.717) is 11.3 Å². The van der Waals surface area contributed by atoms with Gasteiger partial charge in [-0.1, -0.05) is 31.4 Å². The highest BCUT2D eigenvalue weighted by atomic mass is 127. The molecule has 28 heavy (non-hydrogen) atoms. The van der Waals surface area contributed by atoms with Gasteiger partial charge in [0.1, 0.15) is 0 Å². The number of hydrogen-bond acceptors (Lipinski definition) is 4. The molecule has 3 N–H and O–H groups in total. The van der Waals surface area contributed by atoms with Gasteiger partial charge in [-0.05, 0) is 37.5 Å². The third kappa shape index (κ3) is 6.24. The highest BCUT2D eigenvalue weighted by Gasteiger charge is 2.38. The van der Waals surface area contributed by atoms with Gasteiger partial charge in [-0.3, -0.25) is 0 Å². The van der Waals surface area contributed by atoms with Gasteiger partial charge in [-0.25, -0.2) is 18.5 Å². The van der Waals surface area contributed by atoms with Crippen LogP contribution in [0.25, 0.3) is 0 Å². The average Bonchev–Trinajstić information content (AvgIpc) is 2.65. The molecule has 2 fully saturated rings. The van der Waals surface area contributed by atoms with Gasteiger partial charge in [0.25, 0.3) is 0 Å². The normalized spacial score (nSPS) is 19.9. The lowest BCUT2D eigenvalue weighted by atomic mass is 9.87. The smallest absolute Gasteiger partial charge is 0.238 e. The summed E-state index contributed by atoms with van der Waals surface area (Å²) in [5.41, 5.74) is 0.843. The van der Waals surface area contributed by atoms with Gasteiger partial charge in [0, 0.05) is 30.1 Å². The van der Waals surface area contributed by atoms with E-state index in [0.717, 1.165) is 36.9 Å². The molecule has 0 bridgehead atoms. The highest BCUT2D eigenvalue weighted by Crippen LogP contribution is 2.42. The van der Waals surface area contributed by atoms with Crippen LogP contribution in [0, 0.1) is 0 Å². The summed E-state index contributed by atoms with van der Waals surface area (Å²) < 4.78 is 23.5. The molecule has 0 atom stereocenters. The molecule has 2 aliphatic rings. The molecule has 158 valence electrons. The number of nitrogens with two attached hydrogens (primary N) is 1. The van der Waals surface area contributed by atoms with Gasteiger partial charge in [-0.2, -0.15) is 11.8 Å². The van der Waals surface area contributed by atoms with Crippen molar-refractivity contribution in [1.29, 1.82) is 0 Å². The number of hydrogen-bond donors (Lipinski definition) is 2. The first-order valence-electron chi connectivity index (χ1n) is 9.71. The maximum absolute atomic E-state index is 11.6. The van der Waals surface area contributed by atoms with E-state index in [1.165, 1.54) is 38.2 Å². The predicted octanol–water partition coefficient (Wildman–Crippen LogP) is 3.17. The molecule has 3 rings (SSSR count). The maximum atomic E-state index is 11.6. The molecule has 1 aromatic rings. The Morgan fingerprint density at radius 3 is 2.75 bits per heavy atom. The van der Waals surface area contributed by atoms with Crippen LogP contribution < -0.4 is 10.5 Å². The molecule has 6 nitrogen and oxygen atoms in total. The summed E-state index contributed by atoms with van der Waals surface area (Å²) in [6.07, 6.45) is 6.61. The van der Waals surface area contributed by atoms with E-state index in [1.54, 1.807) is 12.1 Å². The number of sulfonamides is 1. The highest BCUT2D eigenvalue weighted by molar-refractivity contribution is 14.0. The second kappa shape index (κ2) is 10.5. The number of primary sulfonamides is 1. The van der Waals surface area contributed by atoms with Crippen LogP contribution in [0.5, 0.6) is 0 Å². The molecule has 1 saturated heterocycles. The molecule has 1 spiro atoms. The first-order chi connectivity index (χ1) is 12.9. The number of rotatable bonds is 4. The number of nitrogens with zero attached hydrogens (tertiary/aromatic N) is 2. The predicted molar refractivity (Wildman–Crippen MR) is 128 cm³/mol. The Hall–Kier alpha value is -0.520. The van der Waals surface area contributed by atoms with Crippen molar-refractivity contribution in [2.24, 2.45) is 10.1 Å². The van der Waals surface area contributed by atoms with Crippen LogP contribution in [0.1, 0.15) is 44.6 Å². The van der Waals surface area contributed by atoms with Crippen LogP contribution in [-0.4, -0.2) is 49.4 Å². The second-order valence-corrected chi connectivity index (χ2v) is 10.5. The van der Waals surface area contributed by atoms with E-state index < -0.39 is 10.0 Å². The molecule has 1 saturated carbocycles. The van der Waals surface area contributed by atoms with Crippen molar-refractivity contribution in [1.82, 2.24) is 10.2 Å². The topological polar surface area (TPSA) is 87.8 Å². The Bertz CT molecular complexity index is 774. The summed E-state index contributed by atoms with van der Waals surface area (Å²) in [4.78, 5) is 7.31. The Balaban J connectivity index is 0.00000280. The monoisotopic (exact) mass is 538 g/mol. The number of halogens is 1. The van der Waals surface area contributed by atoms with Gasteiger partial charge >= 0.3 is 0 Å². The van der Waals surface area contributed by atoms with Crippen molar-refractivity contribution in [2.75, 3.05) is 25.4 Å². The zero-order valence-electron chi connectivity index (χ0n) is 16.4. The van der Waals surface area contributed by atoms with E-state index in [-0.39, 0.29) is 28.9 Å². The van der Waals surface area contributed by atoms with Crippen molar-refractivity contribution in [3.63, 3.8) is 0 Å². The Kier molecular flexibility index (Phi) is 8.90. The lowest BCUT2D eigenvalue weighted by Gasteiger charge is -2.45. The van der Waals surface area contributed by atoms with E-state index in [1.807, 2.05) is 6.07 Å². The van der Waals surface area contributed by atoms with Crippen molar-refractivity contribution < 1.29 is 8.42 Å².